The topological polar surface area (TPSA) is 72.8 Å². The molecule has 1 aromatic carbocycles. The largest absolute Gasteiger partial charge is 0.513 e. The second kappa shape index (κ2) is 6.75. The van der Waals surface area contributed by atoms with Gasteiger partial charge in [-0.3, -0.25) is 4.79 Å². The molecule has 0 bridgehead atoms. The molecular weight excluding hydrogens is 248 g/mol. The molecule has 0 heterocycles. The van der Waals surface area contributed by atoms with E-state index in [9.17, 15) is 9.59 Å². The van der Waals surface area contributed by atoms with Gasteiger partial charge in [-0.2, -0.15) is 0 Å². The van der Waals surface area contributed by atoms with Crippen LogP contribution < -0.4 is 4.74 Å². The Morgan fingerprint density at radius 1 is 1.24 bits per heavy atom. The van der Waals surface area contributed by atoms with Crippen LogP contribution in [0.5, 0.6) is 5.75 Å². The predicted molar refractivity (Wildman–Crippen MR) is 60.3 cm³/mol. The van der Waals surface area contributed by atoms with Crippen LogP contribution in [-0.4, -0.2) is 23.8 Å². The lowest BCUT2D eigenvalue weighted by molar-refractivity contribution is -0.137. The number of aliphatic carboxylic acids is 1. The van der Waals surface area contributed by atoms with Crippen LogP contribution in [0, 0.1) is 0 Å². The lowest BCUT2D eigenvalue weighted by Crippen LogP contribution is -2.12. The normalized spacial score (nSPS) is 9.71. The van der Waals surface area contributed by atoms with E-state index in [2.05, 4.69) is 4.74 Å². The summed E-state index contributed by atoms with van der Waals surface area (Å²) < 4.78 is 9.48. The number of hydrogen-bond donors (Lipinski definition) is 1. The Labute approximate surface area is 103 Å². The van der Waals surface area contributed by atoms with Crippen molar-refractivity contribution in [2.75, 3.05) is 6.61 Å². The monoisotopic (exact) mass is 258 g/mol. The summed E-state index contributed by atoms with van der Waals surface area (Å²) in [6, 6.07) is 6.21. The van der Waals surface area contributed by atoms with Crippen LogP contribution >= 0.6 is 11.6 Å². The zero-order valence-corrected chi connectivity index (χ0v) is 9.64. The molecule has 0 saturated carbocycles. The summed E-state index contributed by atoms with van der Waals surface area (Å²) in [6.07, 6.45) is -0.656. The second-order valence-electron chi connectivity index (χ2n) is 3.15. The molecule has 1 aromatic rings. The third kappa shape index (κ3) is 5.77. The fourth-order valence-electron chi connectivity index (χ4n) is 1.01. The highest BCUT2D eigenvalue weighted by Gasteiger charge is 2.06. The van der Waals surface area contributed by atoms with Crippen molar-refractivity contribution in [3.63, 3.8) is 0 Å². The molecule has 0 radical (unpaired) electrons. The summed E-state index contributed by atoms with van der Waals surface area (Å²) in [5.41, 5.74) is 0. The molecule has 0 atom stereocenters. The van der Waals surface area contributed by atoms with Crippen LogP contribution in [0.15, 0.2) is 24.3 Å². The van der Waals surface area contributed by atoms with Gasteiger partial charge < -0.3 is 14.6 Å². The van der Waals surface area contributed by atoms with Crippen molar-refractivity contribution in [1.82, 2.24) is 0 Å². The van der Waals surface area contributed by atoms with Gasteiger partial charge in [-0.15, -0.1) is 0 Å². The molecule has 1 rings (SSSR count). The molecule has 0 aliphatic rings. The highest BCUT2D eigenvalue weighted by atomic mass is 35.5. The van der Waals surface area contributed by atoms with Crippen LogP contribution in [0.4, 0.5) is 4.79 Å². The number of halogens is 1. The zero-order valence-electron chi connectivity index (χ0n) is 8.89. The zero-order chi connectivity index (χ0) is 12.7. The molecule has 0 aromatic heterocycles. The third-order valence-electron chi connectivity index (χ3n) is 1.77. The maximum atomic E-state index is 11.1. The molecule has 1 N–H and O–H groups in total. The summed E-state index contributed by atoms with van der Waals surface area (Å²) in [6.45, 7) is 0.0126. The van der Waals surface area contributed by atoms with Crippen molar-refractivity contribution in [2.24, 2.45) is 0 Å². The van der Waals surface area contributed by atoms with E-state index in [1.807, 2.05) is 0 Å². The summed E-state index contributed by atoms with van der Waals surface area (Å²) in [4.78, 5) is 21.3. The number of carboxylic acids is 1. The van der Waals surface area contributed by atoms with E-state index in [0.29, 0.717) is 10.8 Å². The summed E-state index contributed by atoms with van der Waals surface area (Å²) in [7, 11) is 0. The molecule has 0 spiro atoms. The van der Waals surface area contributed by atoms with Crippen molar-refractivity contribution in [3.05, 3.63) is 29.3 Å². The van der Waals surface area contributed by atoms with E-state index >= 15 is 0 Å². The smallest absolute Gasteiger partial charge is 0.481 e. The minimum absolute atomic E-state index is 0.0126. The number of carbonyl (C=O) groups excluding carboxylic acids is 1. The van der Waals surface area contributed by atoms with Gasteiger partial charge >= 0.3 is 12.1 Å². The molecular formula is C11H11ClO5. The predicted octanol–water partition coefficient (Wildman–Crippen LogP) is 2.72. The molecule has 92 valence electrons. The molecule has 0 unspecified atom stereocenters. The molecule has 0 fully saturated rings. The van der Waals surface area contributed by atoms with Gasteiger partial charge in [0.05, 0.1) is 6.61 Å². The average Bonchev–Trinajstić information content (AvgIpc) is 2.27. The molecule has 0 amide bonds. The Kier molecular flexibility index (Phi) is 5.29. The minimum atomic E-state index is -0.931. The van der Waals surface area contributed by atoms with Crippen LogP contribution in [0.1, 0.15) is 12.8 Å². The van der Waals surface area contributed by atoms with E-state index < -0.39 is 12.1 Å². The maximum Gasteiger partial charge on any atom is 0.513 e. The standard InChI is InChI=1S/C11H11ClO5/c12-8-3-5-9(6-4-8)17-11(15)16-7-1-2-10(13)14/h3-6H,1-2,7H2,(H,13,14). The first kappa shape index (κ1) is 13.3. The minimum Gasteiger partial charge on any atom is -0.481 e. The number of carbonyl (C=O) groups is 2. The van der Waals surface area contributed by atoms with Crippen molar-refractivity contribution < 1.29 is 24.2 Å². The number of carboxylic acid groups (broad SMARTS) is 1. The van der Waals surface area contributed by atoms with Gasteiger partial charge in [-0.1, -0.05) is 11.6 Å². The molecule has 0 saturated heterocycles. The summed E-state index contributed by atoms with van der Waals surface area (Å²) >= 11 is 5.65. The van der Waals surface area contributed by atoms with Crippen LogP contribution in [0.25, 0.3) is 0 Å². The van der Waals surface area contributed by atoms with Gasteiger partial charge in [0.15, 0.2) is 0 Å². The Morgan fingerprint density at radius 3 is 2.47 bits per heavy atom. The number of rotatable bonds is 5. The Bertz CT molecular complexity index is 387. The van der Waals surface area contributed by atoms with E-state index in [0.717, 1.165) is 0 Å². The van der Waals surface area contributed by atoms with Gasteiger partial charge in [-0.05, 0) is 30.7 Å². The SMILES string of the molecule is O=C(O)CCCOC(=O)Oc1ccc(Cl)cc1. The Balaban J connectivity index is 2.25. The van der Waals surface area contributed by atoms with Gasteiger partial charge in [0.1, 0.15) is 5.75 Å². The van der Waals surface area contributed by atoms with Crippen LogP contribution in [0.2, 0.25) is 5.02 Å². The highest BCUT2D eigenvalue weighted by Crippen LogP contribution is 2.15. The van der Waals surface area contributed by atoms with E-state index in [-0.39, 0.29) is 19.4 Å². The fourth-order valence-corrected chi connectivity index (χ4v) is 1.13. The number of ether oxygens (including phenoxy) is 2. The third-order valence-corrected chi connectivity index (χ3v) is 2.02. The van der Waals surface area contributed by atoms with Crippen LogP contribution in [0.3, 0.4) is 0 Å². The lowest BCUT2D eigenvalue weighted by Gasteiger charge is -2.04. The Hall–Kier alpha value is -1.75. The first-order chi connectivity index (χ1) is 8.08. The van der Waals surface area contributed by atoms with E-state index in [1.54, 1.807) is 12.1 Å². The maximum absolute atomic E-state index is 11.1. The first-order valence-electron chi connectivity index (χ1n) is 4.90. The number of hydrogen-bond acceptors (Lipinski definition) is 4. The Morgan fingerprint density at radius 2 is 1.88 bits per heavy atom. The summed E-state index contributed by atoms with van der Waals surface area (Å²) in [5, 5.41) is 8.89. The van der Waals surface area contributed by atoms with E-state index in [1.165, 1.54) is 12.1 Å². The fraction of sp³-hybridized carbons (Fsp3) is 0.273. The average molecular weight is 259 g/mol. The molecule has 5 nitrogen and oxygen atoms in total. The van der Waals surface area contributed by atoms with Gasteiger partial charge in [0.2, 0.25) is 0 Å². The first-order valence-corrected chi connectivity index (χ1v) is 5.27. The van der Waals surface area contributed by atoms with E-state index in [4.69, 9.17) is 21.4 Å². The molecule has 0 aliphatic heterocycles. The highest BCUT2D eigenvalue weighted by molar-refractivity contribution is 6.30. The van der Waals surface area contributed by atoms with Gasteiger partial charge in [0.25, 0.3) is 0 Å². The van der Waals surface area contributed by atoms with Crippen molar-refractivity contribution in [2.45, 2.75) is 12.8 Å². The molecule has 17 heavy (non-hydrogen) atoms. The van der Waals surface area contributed by atoms with Crippen molar-refractivity contribution in [3.8, 4) is 5.75 Å². The summed E-state index contributed by atoms with van der Waals surface area (Å²) in [5.74, 6) is -0.614. The molecule has 0 aliphatic carbocycles. The second-order valence-corrected chi connectivity index (χ2v) is 3.59. The van der Waals surface area contributed by atoms with Gasteiger partial charge in [-0.25, -0.2) is 4.79 Å². The van der Waals surface area contributed by atoms with Crippen molar-refractivity contribution in [1.29, 1.82) is 0 Å². The quantitative estimate of drug-likeness (QED) is 0.499. The number of benzene rings is 1. The molecule has 6 heteroatoms. The van der Waals surface area contributed by atoms with Crippen LogP contribution in [-0.2, 0) is 9.53 Å². The lowest BCUT2D eigenvalue weighted by atomic mass is 10.3. The van der Waals surface area contributed by atoms with Crippen molar-refractivity contribution >= 4 is 23.7 Å². The van der Waals surface area contributed by atoms with Gasteiger partial charge in [0, 0.05) is 11.4 Å².